The van der Waals surface area contributed by atoms with Crippen molar-refractivity contribution in [1.29, 1.82) is 0 Å². The van der Waals surface area contributed by atoms with E-state index in [1.54, 1.807) is 49.4 Å². The smallest absolute Gasteiger partial charge is 0.350 e. The molecule has 236 valence electrons. The van der Waals surface area contributed by atoms with Crippen molar-refractivity contribution in [3.8, 4) is 17.2 Å². The van der Waals surface area contributed by atoms with Gasteiger partial charge in [0.15, 0.2) is 16.6 Å². The van der Waals surface area contributed by atoms with E-state index in [0.29, 0.717) is 47.3 Å². The van der Waals surface area contributed by atoms with Gasteiger partial charge in [-0.3, -0.25) is 14.5 Å². The number of aryl methyl sites for hydroxylation is 1. The van der Waals surface area contributed by atoms with Crippen molar-refractivity contribution < 1.29 is 38.4 Å². The van der Waals surface area contributed by atoms with E-state index < -0.39 is 23.7 Å². The quantitative estimate of drug-likeness (QED) is 0.0615. The number of methoxy groups -OCH3 is 1. The zero-order valence-corrected chi connectivity index (χ0v) is 26.3. The summed E-state index contributed by atoms with van der Waals surface area (Å²) >= 11 is 0.914. The SMILES string of the molecule is C=CCOC(=O)c1sc(N2C(=O)C(=O)/C(=C(/O)c3ccc(OC)cc3)C2c2ccc(OCc3ccccc3)c(OCC)c2)nc1C. The summed E-state index contributed by atoms with van der Waals surface area (Å²) in [5, 5.41) is 11.6. The fourth-order valence-corrected chi connectivity index (χ4v) is 5.93. The van der Waals surface area contributed by atoms with Crippen LogP contribution in [0.25, 0.3) is 5.76 Å². The number of benzene rings is 3. The van der Waals surface area contributed by atoms with E-state index in [-0.39, 0.29) is 27.9 Å². The number of aliphatic hydroxyl groups excluding tert-OH is 1. The Hall–Kier alpha value is -5.42. The molecule has 1 amide bonds. The van der Waals surface area contributed by atoms with Crippen LogP contribution in [0.1, 0.15) is 45.0 Å². The monoisotopic (exact) mass is 640 g/mol. The summed E-state index contributed by atoms with van der Waals surface area (Å²) < 4.78 is 22.4. The number of rotatable bonds is 12. The first-order valence-corrected chi connectivity index (χ1v) is 15.2. The summed E-state index contributed by atoms with van der Waals surface area (Å²) in [5.74, 6) is -1.45. The Kier molecular flexibility index (Phi) is 9.82. The molecule has 4 aromatic rings. The van der Waals surface area contributed by atoms with Gasteiger partial charge in [-0.25, -0.2) is 9.78 Å². The van der Waals surface area contributed by atoms with Crippen LogP contribution in [0.3, 0.4) is 0 Å². The number of amides is 1. The molecule has 1 aliphatic heterocycles. The molecule has 1 aliphatic rings. The van der Waals surface area contributed by atoms with Gasteiger partial charge in [-0.15, -0.1) is 0 Å². The van der Waals surface area contributed by atoms with Gasteiger partial charge in [-0.2, -0.15) is 0 Å². The van der Waals surface area contributed by atoms with Crippen molar-refractivity contribution in [1.82, 2.24) is 4.98 Å². The van der Waals surface area contributed by atoms with Gasteiger partial charge in [-0.05, 0) is 61.4 Å². The van der Waals surface area contributed by atoms with Crippen LogP contribution in [0.2, 0.25) is 0 Å². The zero-order valence-electron chi connectivity index (χ0n) is 25.5. The second-order valence-corrected chi connectivity index (χ2v) is 11.1. The maximum Gasteiger partial charge on any atom is 0.350 e. The minimum absolute atomic E-state index is 0.00319. The molecule has 3 aromatic carbocycles. The zero-order chi connectivity index (χ0) is 32.8. The van der Waals surface area contributed by atoms with E-state index in [4.69, 9.17) is 18.9 Å². The number of ether oxygens (including phenoxy) is 4. The molecule has 0 aliphatic carbocycles. The molecule has 1 unspecified atom stereocenters. The second-order valence-electron chi connectivity index (χ2n) is 10.1. The first-order valence-electron chi connectivity index (χ1n) is 14.4. The van der Waals surface area contributed by atoms with Crippen LogP contribution < -0.4 is 19.1 Å². The number of carbonyl (C=O) groups is 3. The van der Waals surface area contributed by atoms with Gasteiger partial charge < -0.3 is 24.1 Å². The number of thiazole rings is 1. The summed E-state index contributed by atoms with van der Waals surface area (Å²) in [7, 11) is 1.51. The number of anilines is 1. The van der Waals surface area contributed by atoms with Crippen molar-refractivity contribution in [3.05, 3.63) is 118 Å². The summed E-state index contributed by atoms with van der Waals surface area (Å²) in [4.78, 5) is 46.0. The predicted octanol–water partition coefficient (Wildman–Crippen LogP) is 6.41. The fraction of sp³-hybridized carbons (Fsp3) is 0.200. The van der Waals surface area contributed by atoms with Gasteiger partial charge >= 0.3 is 11.9 Å². The van der Waals surface area contributed by atoms with Crippen molar-refractivity contribution in [2.45, 2.75) is 26.5 Å². The molecule has 2 heterocycles. The number of ketones is 1. The summed E-state index contributed by atoms with van der Waals surface area (Å²) in [6, 6.07) is 20.1. The number of aliphatic hydroxyl groups is 1. The highest BCUT2D eigenvalue weighted by Gasteiger charge is 2.48. The van der Waals surface area contributed by atoms with Gasteiger partial charge in [-0.1, -0.05) is 60.4 Å². The molecule has 10 nitrogen and oxygen atoms in total. The predicted molar refractivity (Wildman–Crippen MR) is 173 cm³/mol. The molecule has 1 N–H and O–H groups in total. The van der Waals surface area contributed by atoms with Gasteiger partial charge in [0.2, 0.25) is 0 Å². The van der Waals surface area contributed by atoms with Crippen LogP contribution in [0.4, 0.5) is 5.13 Å². The van der Waals surface area contributed by atoms with E-state index in [0.717, 1.165) is 16.9 Å². The largest absolute Gasteiger partial charge is 0.507 e. The number of hydrogen-bond donors (Lipinski definition) is 1. The average molecular weight is 641 g/mol. The first-order chi connectivity index (χ1) is 22.3. The van der Waals surface area contributed by atoms with E-state index in [2.05, 4.69) is 11.6 Å². The standard InChI is InChI=1S/C35H32N2O8S/c1-5-18-44-34(41)32-21(3)36-35(46-32)37-29(28(31(39)33(37)40)30(38)23-12-15-25(42-4)16-13-23)24-14-17-26(27(19-24)43-6-2)45-20-22-10-8-7-9-11-22/h5,7-17,19,29,38H,1,6,18,20H2,2-4H3/b30-28+. The number of aromatic nitrogens is 1. The van der Waals surface area contributed by atoms with Crippen LogP contribution in [0, 0.1) is 6.92 Å². The van der Waals surface area contributed by atoms with Crippen LogP contribution in [0.5, 0.6) is 17.2 Å². The Morgan fingerprint density at radius 1 is 1.04 bits per heavy atom. The number of hydrogen-bond acceptors (Lipinski definition) is 10. The molecular formula is C35H32N2O8S. The summed E-state index contributed by atoms with van der Waals surface area (Å²) in [6.45, 7) is 7.60. The van der Waals surface area contributed by atoms with Crippen LogP contribution in [-0.4, -0.2) is 48.1 Å². The second kappa shape index (κ2) is 14.1. The molecule has 1 atom stereocenters. The number of Topliss-reactive ketones (excluding diaryl/α,β-unsaturated/α-hetero) is 1. The summed E-state index contributed by atoms with van der Waals surface area (Å²) in [6.07, 6.45) is 1.44. The molecule has 0 radical (unpaired) electrons. The lowest BCUT2D eigenvalue weighted by Crippen LogP contribution is -2.29. The van der Waals surface area contributed by atoms with Gasteiger partial charge in [0.25, 0.3) is 5.78 Å². The molecule has 46 heavy (non-hydrogen) atoms. The molecule has 1 fully saturated rings. The highest BCUT2D eigenvalue weighted by atomic mass is 32.1. The molecule has 5 rings (SSSR count). The van der Waals surface area contributed by atoms with Crippen molar-refractivity contribution in [2.75, 3.05) is 25.2 Å². The van der Waals surface area contributed by atoms with E-state index in [9.17, 15) is 19.5 Å². The Labute approximate surface area is 270 Å². The average Bonchev–Trinajstić information content (AvgIpc) is 3.59. The van der Waals surface area contributed by atoms with Crippen molar-refractivity contribution in [2.24, 2.45) is 0 Å². The lowest BCUT2D eigenvalue weighted by atomic mass is 9.95. The third-order valence-electron chi connectivity index (χ3n) is 7.14. The Morgan fingerprint density at radius 3 is 2.46 bits per heavy atom. The lowest BCUT2D eigenvalue weighted by molar-refractivity contribution is -0.132. The maximum atomic E-state index is 13.7. The fourth-order valence-electron chi connectivity index (χ4n) is 4.94. The topological polar surface area (TPSA) is 124 Å². The van der Waals surface area contributed by atoms with E-state index in [1.807, 2.05) is 37.3 Å². The third-order valence-corrected chi connectivity index (χ3v) is 8.27. The number of esters is 1. The van der Waals surface area contributed by atoms with Crippen LogP contribution in [0.15, 0.2) is 91.0 Å². The summed E-state index contributed by atoms with van der Waals surface area (Å²) in [5.41, 5.74) is 1.89. The van der Waals surface area contributed by atoms with E-state index in [1.165, 1.54) is 18.1 Å². The van der Waals surface area contributed by atoms with Crippen molar-refractivity contribution in [3.63, 3.8) is 0 Å². The minimum Gasteiger partial charge on any atom is -0.507 e. The first kappa shape index (κ1) is 32.0. The Bertz CT molecular complexity index is 1800. The normalized spacial score (nSPS) is 15.5. The number of nitrogens with zero attached hydrogens (tertiary/aromatic N) is 2. The molecule has 0 spiro atoms. The van der Waals surface area contributed by atoms with E-state index >= 15 is 0 Å². The maximum absolute atomic E-state index is 13.7. The number of carbonyl (C=O) groups excluding carboxylic acids is 3. The molecule has 11 heteroatoms. The Morgan fingerprint density at radius 2 is 1.78 bits per heavy atom. The van der Waals surface area contributed by atoms with Gasteiger partial charge in [0.05, 0.1) is 31.0 Å². The van der Waals surface area contributed by atoms with Crippen LogP contribution in [-0.2, 0) is 20.9 Å². The molecule has 1 aromatic heterocycles. The molecule has 1 saturated heterocycles. The Balaban J connectivity index is 1.63. The third kappa shape index (κ3) is 6.50. The van der Waals surface area contributed by atoms with Crippen LogP contribution >= 0.6 is 11.3 Å². The highest BCUT2D eigenvalue weighted by Crippen LogP contribution is 2.45. The minimum atomic E-state index is -1.12. The molecule has 0 bridgehead atoms. The molecular weight excluding hydrogens is 608 g/mol. The van der Waals surface area contributed by atoms with Crippen molar-refractivity contribution >= 4 is 39.9 Å². The molecule has 0 saturated carbocycles. The highest BCUT2D eigenvalue weighted by molar-refractivity contribution is 7.17. The van der Waals surface area contributed by atoms with Gasteiger partial charge in [0, 0.05) is 5.56 Å². The van der Waals surface area contributed by atoms with Gasteiger partial charge in [0.1, 0.15) is 29.6 Å². The lowest BCUT2D eigenvalue weighted by Gasteiger charge is -2.24.